The Labute approximate surface area is 92.9 Å². The fourth-order valence-electron chi connectivity index (χ4n) is 0.959. The largest absolute Gasteiger partial charge is 0.465 e. The molecule has 0 fully saturated rings. The number of rotatable bonds is 4. The summed E-state index contributed by atoms with van der Waals surface area (Å²) in [6.45, 7) is 3.93. The van der Waals surface area contributed by atoms with Crippen molar-refractivity contribution in [1.82, 2.24) is 4.98 Å². The van der Waals surface area contributed by atoms with Gasteiger partial charge in [0.15, 0.2) is 0 Å². The Hall–Kier alpha value is -1.55. The Kier molecular flexibility index (Phi) is 4.12. The minimum absolute atomic E-state index is 0.398. The number of halogens is 1. The molecule has 0 aromatic carbocycles. The van der Waals surface area contributed by atoms with Gasteiger partial charge < -0.3 is 10.1 Å². The summed E-state index contributed by atoms with van der Waals surface area (Å²) in [5, 5.41) is 3.39. The van der Waals surface area contributed by atoms with E-state index in [2.05, 4.69) is 21.6 Å². The summed E-state index contributed by atoms with van der Waals surface area (Å²) in [6, 6.07) is 3.16. The maximum atomic E-state index is 11.2. The molecule has 0 amide bonds. The zero-order valence-corrected chi connectivity index (χ0v) is 9.04. The fourth-order valence-corrected chi connectivity index (χ4v) is 1.03. The first-order chi connectivity index (χ1) is 7.13. The summed E-state index contributed by atoms with van der Waals surface area (Å²) in [5.41, 5.74) is 0.440. The van der Waals surface area contributed by atoms with Gasteiger partial charge in [0.1, 0.15) is 5.82 Å². The first-order valence-corrected chi connectivity index (χ1v) is 4.63. The summed E-state index contributed by atoms with van der Waals surface area (Å²) in [5.74, 6) is 0.157. The highest BCUT2D eigenvalue weighted by Crippen LogP contribution is 2.08. The number of nitrogens with zero attached hydrogens (tertiary/aromatic N) is 1. The van der Waals surface area contributed by atoms with Gasteiger partial charge in [-0.3, -0.25) is 0 Å². The lowest BCUT2D eigenvalue weighted by molar-refractivity contribution is 0.0600. The van der Waals surface area contributed by atoms with E-state index in [9.17, 15) is 4.79 Å². The van der Waals surface area contributed by atoms with E-state index in [1.807, 2.05) is 0 Å². The number of ether oxygens (including phenoxy) is 1. The van der Waals surface area contributed by atoms with Crippen molar-refractivity contribution >= 4 is 23.4 Å². The average Bonchev–Trinajstić information content (AvgIpc) is 2.25. The predicted molar refractivity (Wildman–Crippen MR) is 59.1 cm³/mol. The summed E-state index contributed by atoms with van der Waals surface area (Å²) in [6.07, 6.45) is 1.52. The number of methoxy groups -OCH3 is 1. The normalized spacial score (nSPS) is 9.47. The van der Waals surface area contributed by atoms with Crippen LogP contribution in [0, 0.1) is 0 Å². The molecule has 15 heavy (non-hydrogen) atoms. The SMILES string of the molecule is C=C(Cl)CNc1cc(C(=O)OC)ccn1. The molecule has 80 valence electrons. The van der Waals surface area contributed by atoms with Gasteiger partial charge >= 0.3 is 5.97 Å². The van der Waals surface area contributed by atoms with Gasteiger partial charge in [0.25, 0.3) is 0 Å². The van der Waals surface area contributed by atoms with Crippen molar-refractivity contribution < 1.29 is 9.53 Å². The van der Waals surface area contributed by atoms with Gasteiger partial charge in [-0.15, -0.1) is 0 Å². The molecule has 0 aliphatic rings. The lowest BCUT2D eigenvalue weighted by atomic mass is 10.2. The van der Waals surface area contributed by atoms with Gasteiger partial charge in [0.2, 0.25) is 0 Å². The Morgan fingerprint density at radius 2 is 2.47 bits per heavy atom. The van der Waals surface area contributed by atoms with Crippen LogP contribution in [0.4, 0.5) is 5.82 Å². The van der Waals surface area contributed by atoms with Crippen molar-refractivity contribution in [2.45, 2.75) is 0 Å². The molecule has 1 aromatic heterocycles. The highest BCUT2D eigenvalue weighted by Gasteiger charge is 2.05. The van der Waals surface area contributed by atoms with E-state index in [4.69, 9.17) is 11.6 Å². The lowest BCUT2D eigenvalue weighted by Gasteiger charge is -2.05. The summed E-state index contributed by atoms with van der Waals surface area (Å²) < 4.78 is 4.58. The van der Waals surface area contributed by atoms with Crippen LogP contribution in [0.5, 0.6) is 0 Å². The Morgan fingerprint density at radius 1 is 1.73 bits per heavy atom. The van der Waals surface area contributed by atoms with E-state index in [0.717, 1.165) is 0 Å². The monoisotopic (exact) mass is 226 g/mol. The van der Waals surface area contributed by atoms with Gasteiger partial charge in [-0.25, -0.2) is 9.78 Å². The van der Waals surface area contributed by atoms with Crippen LogP contribution in [-0.2, 0) is 4.74 Å². The number of anilines is 1. The number of aromatic nitrogens is 1. The van der Waals surface area contributed by atoms with E-state index in [-0.39, 0.29) is 0 Å². The third-order valence-corrected chi connectivity index (χ3v) is 1.78. The topological polar surface area (TPSA) is 51.2 Å². The van der Waals surface area contributed by atoms with Crippen molar-refractivity contribution in [3.8, 4) is 0 Å². The van der Waals surface area contributed by atoms with Gasteiger partial charge in [-0.1, -0.05) is 18.2 Å². The van der Waals surface area contributed by atoms with Crippen molar-refractivity contribution in [3.05, 3.63) is 35.5 Å². The molecule has 1 heterocycles. The second-order valence-electron chi connectivity index (χ2n) is 2.79. The van der Waals surface area contributed by atoms with Gasteiger partial charge in [0.05, 0.1) is 19.2 Å². The molecule has 0 bridgehead atoms. The average molecular weight is 227 g/mol. The number of pyridine rings is 1. The van der Waals surface area contributed by atoms with Crippen LogP contribution >= 0.6 is 11.6 Å². The van der Waals surface area contributed by atoms with Crippen LogP contribution in [0.15, 0.2) is 29.9 Å². The van der Waals surface area contributed by atoms with Crippen LogP contribution in [0.25, 0.3) is 0 Å². The molecule has 0 saturated heterocycles. The lowest BCUT2D eigenvalue weighted by Crippen LogP contribution is -2.06. The molecule has 1 rings (SSSR count). The van der Waals surface area contributed by atoms with Crippen LogP contribution in [0.3, 0.4) is 0 Å². The zero-order chi connectivity index (χ0) is 11.3. The summed E-state index contributed by atoms with van der Waals surface area (Å²) in [4.78, 5) is 15.2. The molecule has 0 aliphatic carbocycles. The first-order valence-electron chi connectivity index (χ1n) is 4.25. The smallest absolute Gasteiger partial charge is 0.338 e. The molecule has 0 spiro atoms. The molecule has 4 nitrogen and oxygen atoms in total. The van der Waals surface area contributed by atoms with Gasteiger partial charge in [0, 0.05) is 11.2 Å². The highest BCUT2D eigenvalue weighted by molar-refractivity contribution is 6.29. The Morgan fingerprint density at radius 3 is 3.07 bits per heavy atom. The maximum Gasteiger partial charge on any atom is 0.338 e. The molecule has 0 radical (unpaired) electrons. The van der Waals surface area contributed by atoms with Gasteiger partial charge in [-0.2, -0.15) is 0 Å². The van der Waals surface area contributed by atoms with Crippen molar-refractivity contribution in [1.29, 1.82) is 0 Å². The Balaban J connectivity index is 2.74. The van der Waals surface area contributed by atoms with Gasteiger partial charge in [-0.05, 0) is 12.1 Å². The first kappa shape index (κ1) is 11.5. The molecule has 0 saturated carbocycles. The minimum Gasteiger partial charge on any atom is -0.465 e. The molecule has 1 aromatic rings. The quantitative estimate of drug-likeness (QED) is 0.799. The van der Waals surface area contributed by atoms with E-state index < -0.39 is 5.97 Å². The number of carbonyl (C=O) groups excluding carboxylic acids is 1. The molecule has 0 aliphatic heterocycles. The third kappa shape index (κ3) is 3.59. The molecule has 0 atom stereocenters. The molecule has 5 heteroatoms. The molecular weight excluding hydrogens is 216 g/mol. The second-order valence-corrected chi connectivity index (χ2v) is 3.33. The number of hydrogen-bond donors (Lipinski definition) is 1. The standard InChI is InChI=1S/C10H11ClN2O2/c1-7(11)6-13-9-5-8(3-4-12-9)10(14)15-2/h3-5H,1,6H2,2H3,(H,12,13). The van der Waals surface area contributed by atoms with Crippen LogP contribution in [-0.4, -0.2) is 24.6 Å². The fraction of sp³-hybridized carbons (Fsp3) is 0.200. The Bertz CT molecular complexity index is 379. The number of hydrogen-bond acceptors (Lipinski definition) is 4. The van der Waals surface area contributed by atoms with E-state index >= 15 is 0 Å². The zero-order valence-electron chi connectivity index (χ0n) is 8.29. The van der Waals surface area contributed by atoms with E-state index in [1.165, 1.54) is 13.3 Å². The molecule has 0 unspecified atom stereocenters. The van der Waals surface area contributed by atoms with E-state index in [1.54, 1.807) is 12.1 Å². The number of carbonyl (C=O) groups is 1. The second kappa shape index (κ2) is 5.36. The van der Waals surface area contributed by atoms with Crippen molar-refractivity contribution in [3.63, 3.8) is 0 Å². The summed E-state index contributed by atoms with van der Waals surface area (Å²) >= 11 is 5.58. The van der Waals surface area contributed by atoms with Crippen LogP contribution in [0.2, 0.25) is 0 Å². The number of esters is 1. The van der Waals surface area contributed by atoms with Crippen LogP contribution in [0.1, 0.15) is 10.4 Å². The van der Waals surface area contributed by atoms with Crippen molar-refractivity contribution in [2.75, 3.05) is 19.0 Å². The maximum absolute atomic E-state index is 11.2. The predicted octanol–water partition coefficient (Wildman–Crippen LogP) is 2.03. The van der Waals surface area contributed by atoms with Crippen molar-refractivity contribution in [2.24, 2.45) is 0 Å². The van der Waals surface area contributed by atoms with E-state index in [0.29, 0.717) is 23.0 Å². The number of nitrogens with one attached hydrogen (secondary N) is 1. The van der Waals surface area contributed by atoms with Crippen LogP contribution < -0.4 is 5.32 Å². The molecule has 1 N–H and O–H groups in total. The molecular formula is C10H11ClN2O2. The minimum atomic E-state index is -0.398. The highest BCUT2D eigenvalue weighted by atomic mass is 35.5. The summed E-state index contributed by atoms with van der Waals surface area (Å²) in [7, 11) is 1.33. The third-order valence-electron chi connectivity index (χ3n) is 1.64.